The van der Waals surface area contributed by atoms with Crippen molar-refractivity contribution in [2.75, 3.05) is 12.8 Å². The van der Waals surface area contributed by atoms with Crippen molar-refractivity contribution < 1.29 is 13.2 Å². The molecule has 0 saturated carbocycles. The van der Waals surface area contributed by atoms with Gasteiger partial charge in [-0.05, 0) is 51.3 Å². The van der Waals surface area contributed by atoms with Crippen LogP contribution in [0.3, 0.4) is 0 Å². The predicted molar refractivity (Wildman–Crippen MR) is 83.9 cm³/mol. The topological polar surface area (TPSA) is 72.6 Å². The molecule has 1 saturated heterocycles. The van der Waals surface area contributed by atoms with Crippen LogP contribution in [0, 0.1) is 6.92 Å². The number of hydrogen-bond acceptors (Lipinski definition) is 4. The second-order valence-corrected chi connectivity index (χ2v) is 7.64. The van der Waals surface area contributed by atoms with Crippen molar-refractivity contribution in [2.45, 2.75) is 57.0 Å². The number of aryl methyl sites for hydroxylation is 1. The number of nitrogens with two attached hydrogens (primary N) is 1. The fourth-order valence-electron chi connectivity index (χ4n) is 3.02. The van der Waals surface area contributed by atoms with Crippen LogP contribution in [0.15, 0.2) is 17.0 Å². The van der Waals surface area contributed by atoms with Gasteiger partial charge in [0, 0.05) is 17.8 Å². The summed E-state index contributed by atoms with van der Waals surface area (Å²) >= 11 is 0. The zero-order valence-corrected chi connectivity index (χ0v) is 13.9. The van der Waals surface area contributed by atoms with E-state index in [4.69, 9.17) is 10.5 Å². The van der Waals surface area contributed by atoms with Crippen molar-refractivity contribution in [1.82, 2.24) is 4.31 Å². The molecular formula is C15H24N2O3S. The molecule has 0 unspecified atom stereocenters. The van der Waals surface area contributed by atoms with Gasteiger partial charge in [-0.1, -0.05) is 6.42 Å². The lowest BCUT2D eigenvalue weighted by molar-refractivity contribution is 0.203. The molecule has 1 aromatic rings. The SMILES string of the molecule is COc1cc(C)c(N)cc1S(=O)(=O)N1[C@H](C)CCC[C@@H]1C. The molecule has 2 rings (SSSR count). The highest BCUT2D eigenvalue weighted by atomic mass is 32.2. The van der Waals surface area contributed by atoms with Gasteiger partial charge in [-0.3, -0.25) is 0 Å². The van der Waals surface area contributed by atoms with Crippen LogP contribution >= 0.6 is 0 Å². The van der Waals surface area contributed by atoms with Crippen molar-refractivity contribution in [3.05, 3.63) is 17.7 Å². The van der Waals surface area contributed by atoms with Crippen LogP contribution in [-0.4, -0.2) is 31.9 Å². The molecule has 2 N–H and O–H groups in total. The smallest absolute Gasteiger partial charge is 0.247 e. The molecule has 118 valence electrons. The summed E-state index contributed by atoms with van der Waals surface area (Å²) in [6.07, 6.45) is 2.82. The summed E-state index contributed by atoms with van der Waals surface area (Å²) in [5.41, 5.74) is 7.18. The minimum atomic E-state index is -3.61. The average Bonchev–Trinajstić information content (AvgIpc) is 2.40. The Bertz CT molecular complexity index is 618. The fourth-order valence-corrected chi connectivity index (χ4v) is 5.08. The summed E-state index contributed by atoms with van der Waals surface area (Å²) in [4.78, 5) is 0.161. The maximum absolute atomic E-state index is 13.0. The molecule has 21 heavy (non-hydrogen) atoms. The first-order valence-corrected chi connectivity index (χ1v) is 8.70. The van der Waals surface area contributed by atoms with Crippen molar-refractivity contribution >= 4 is 15.7 Å². The van der Waals surface area contributed by atoms with E-state index in [1.54, 1.807) is 10.4 Å². The maximum Gasteiger partial charge on any atom is 0.247 e. The van der Waals surface area contributed by atoms with E-state index in [0.717, 1.165) is 24.8 Å². The summed E-state index contributed by atoms with van der Waals surface area (Å²) in [6, 6.07) is 3.18. The standard InChI is InChI=1S/C15H24N2O3S/c1-10-8-14(20-4)15(9-13(10)16)21(18,19)17-11(2)6-5-7-12(17)3/h8-9,11-12H,5-7,16H2,1-4H3/t11-,12+. The Kier molecular flexibility index (Phi) is 4.49. The van der Waals surface area contributed by atoms with Gasteiger partial charge in [0.15, 0.2) is 0 Å². The highest BCUT2D eigenvalue weighted by Crippen LogP contribution is 2.35. The molecule has 1 fully saturated rings. The lowest BCUT2D eigenvalue weighted by atomic mass is 10.0. The summed E-state index contributed by atoms with van der Waals surface area (Å²) in [7, 11) is -2.13. The molecule has 6 heteroatoms. The normalized spacial score (nSPS) is 24.0. The first-order chi connectivity index (χ1) is 9.78. The Morgan fingerprint density at radius 3 is 2.33 bits per heavy atom. The van der Waals surface area contributed by atoms with Gasteiger partial charge in [0.25, 0.3) is 0 Å². The molecular weight excluding hydrogens is 288 g/mol. The Morgan fingerprint density at radius 2 is 1.81 bits per heavy atom. The highest BCUT2D eigenvalue weighted by molar-refractivity contribution is 7.89. The predicted octanol–water partition coefficient (Wildman–Crippen LogP) is 2.54. The summed E-state index contributed by atoms with van der Waals surface area (Å²) in [5.74, 6) is 0.353. The number of rotatable bonds is 3. The second kappa shape index (κ2) is 5.85. The number of nitrogens with zero attached hydrogens (tertiary/aromatic N) is 1. The van der Waals surface area contributed by atoms with E-state index < -0.39 is 10.0 Å². The van der Waals surface area contributed by atoms with Crippen LogP contribution in [0.25, 0.3) is 0 Å². The number of hydrogen-bond donors (Lipinski definition) is 1. The van der Waals surface area contributed by atoms with Gasteiger partial charge < -0.3 is 10.5 Å². The van der Waals surface area contributed by atoms with E-state index in [1.807, 2.05) is 20.8 Å². The Balaban J connectivity index is 2.55. The van der Waals surface area contributed by atoms with Gasteiger partial charge in [0.1, 0.15) is 10.6 Å². The summed E-state index contributed by atoms with van der Waals surface area (Å²) in [5, 5.41) is 0. The van der Waals surface area contributed by atoms with E-state index >= 15 is 0 Å². The van der Waals surface area contributed by atoms with Crippen LogP contribution in [0.5, 0.6) is 5.75 Å². The highest BCUT2D eigenvalue weighted by Gasteiger charge is 2.37. The van der Waals surface area contributed by atoms with Crippen molar-refractivity contribution in [2.24, 2.45) is 0 Å². The molecule has 2 atom stereocenters. The lowest BCUT2D eigenvalue weighted by Gasteiger charge is -2.38. The summed E-state index contributed by atoms with van der Waals surface area (Å²) < 4.78 is 33.0. The lowest BCUT2D eigenvalue weighted by Crippen LogP contribution is -2.47. The van der Waals surface area contributed by atoms with Gasteiger partial charge in [-0.25, -0.2) is 8.42 Å². The molecule has 0 spiro atoms. The fraction of sp³-hybridized carbons (Fsp3) is 0.600. The molecule has 0 amide bonds. The molecule has 0 radical (unpaired) electrons. The summed E-state index contributed by atoms with van der Waals surface area (Å²) in [6.45, 7) is 5.74. The van der Waals surface area contributed by atoms with E-state index in [-0.39, 0.29) is 17.0 Å². The zero-order chi connectivity index (χ0) is 15.8. The van der Waals surface area contributed by atoms with Crippen molar-refractivity contribution in [1.29, 1.82) is 0 Å². The maximum atomic E-state index is 13.0. The minimum absolute atomic E-state index is 0.00835. The second-order valence-electron chi connectivity index (χ2n) is 5.82. The first-order valence-electron chi connectivity index (χ1n) is 7.26. The molecule has 1 aliphatic rings. The quantitative estimate of drug-likeness (QED) is 0.871. The van der Waals surface area contributed by atoms with Crippen LogP contribution in [0.4, 0.5) is 5.69 Å². The van der Waals surface area contributed by atoms with Gasteiger partial charge in [0.05, 0.1) is 7.11 Å². The van der Waals surface area contributed by atoms with Crippen molar-refractivity contribution in [3.63, 3.8) is 0 Å². The third-order valence-corrected chi connectivity index (χ3v) is 6.37. The number of methoxy groups -OCH3 is 1. The van der Waals surface area contributed by atoms with E-state index in [9.17, 15) is 8.42 Å². The Morgan fingerprint density at radius 1 is 1.24 bits per heavy atom. The molecule has 1 aromatic carbocycles. The van der Waals surface area contributed by atoms with Gasteiger partial charge in [-0.2, -0.15) is 4.31 Å². The zero-order valence-electron chi connectivity index (χ0n) is 13.1. The van der Waals surface area contributed by atoms with Gasteiger partial charge in [0.2, 0.25) is 10.0 Å². The molecule has 0 aliphatic carbocycles. The number of sulfonamides is 1. The number of ether oxygens (including phenoxy) is 1. The molecule has 1 aliphatic heterocycles. The minimum Gasteiger partial charge on any atom is -0.495 e. The Labute approximate surface area is 127 Å². The van der Waals surface area contributed by atoms with E-state index in [2.05, 4.69) is 0 Å². The average molecular weight is 312 g/mol. The first kappa shape index (κ1) is 16.1. The largest absolute Gasteiger partial charge is 0.495 e. The third kappa shape index (κ3) is 2.87. The van der Waals surface area contributed by atoms with Crippen LogP contribution in [-0.2, 0) is 10.0 Å². The molecule has 0 bridgehead atoms. The molecule has 5 nitrogen and oxygen atoms in total. The third-order valence-electron chi connectivity index (χ3n) is 4.22. The van der Waals surface area contributed by atoms with E-state index in [0.29, 0.717) is 11.4 Å². The number of nitrogen functional groups attached to an aromatic ring is 1. The molecule has 1 heterocycles. The number of anilines is 1. The van der Waals surface area contributed by atoms with Gasteiger partial charge >= 0.3 is 0 Å². The molecule has 0 aromatic heterocycles. The van der Waals surface area contributed by atoms with Crippen LogP contribution < -0.4 is 10.5 Å². The van der Waals surface area contributed by atoms with Gasteiger partial charge in [-0.15, -0.1) is 0 Å². The van der Waals surface area contributed by atoms with Crippen LogP contribution in [0.2, 0.25) is 0 Å². The Hall–Kier alpha value is -1.27. The van der Waals surface area contributed by atoms with Crippen LogP contribution in [0.1, 0.15) is 38.7 Å². The van der Waals surface area contributed by atoms with E-state index in [1.165, 1.54) is 13.2 Å². The monoisotopic (exact) mass is 312 g/mol. The number of piperidine rings is 1. The van der Waals surface area contributed by atoms with Crippen molar-refractivity contribution in [3.8, 4) is 5.75 Å². The number of benzene rings is 1.